The third kappa shape index (κ3) is 5.27. The molecule has 7 nitrogen and oxygen atoms in total. The quantitative estimate of drug-likeness (QED) is 0.344. The van der Waals surface area contributed by atoms with Gasteiger partial charge in [-0.2, -0.15) is 0 Å². The Morgan fingerprint density at radius 3 is 2.48 bits per heavy atom. The Hall–Kier alpha value is -2.96. The normalized spacial score (nSPS) is 11.8. The number of rotatable bonds is 7. The molecule has 110 valence electrons. The molecule has 1 unspecified atom stereocenters. The fourth-order valence-electron chi connectivity index (χ4n) is 1.49. The number of carbonyl (C=O) groups is 2. The van der Waals surface area contributed by atoms with E-state index in [0.717, 1.165) is 0 Å². The fourth-order valence-corrected chi connectivity index (χ4v) is 1.49. The smallest absolute Gasteiger partial charge is 0.326 e. The highest BCUT2D eigenvalue weighted by Crippen LogP contribution is 2.12. The predicted molar refractivity (Wildman–Crippen MR) is 76.5 cm³/mol. The van der Waals surface area contributed by atoms with E-state index >= 15 is 0 Å². The molecule has 7 heteroatoms. The lowest BCUT2D eigenvalue weighted by Gasteiger charge is -2.10. The van der Waals surface area contributed by atoms with Gasteiger partial charge in [-0.25, -0.2) is 4.79 Å². The molecular weight excluding hydrogens is 276 g/mol. The minimum atomic E-state index is -1.15. The molecule has 0 radical (unpaired) electrons. The number of hydrogen-bond acceptors (Lipinski definition) is 4. The lowest BCUT2D eigenvalue weighted by molar-refractivity contribution is -0.384. The maximum atomic E-state index is 11.6. The second-order valence-corrected chi connectivity index (χ2v) is 4.11. The highest BCUT2D eigenvalue weighted by atomic mass is 16.6. The average Bonchev–Trinajstić information content (AvgIpc) is 2.45. The van der Waals surface area contributed by atoms with Crippen LogP contribution in [0.3, 0.4) is 0 Å². The largest absolute Gasteiger partial charge is 0.480 e. The maximum absolute atomic E-state index is 11.6. The maximum Gasteiger partial charge on any atom is 0.326 e. The topological polar surface area (TPSA) is 110 Å². The molecule has 0 fully saturated rings. The number of aliphatic carboxylic acids is 1. The van der Waals surface area contributed by atoms with Crippen LogP contribution in [0.2, 0.25) is 0 Å². The molecule has 0 spiro atoms. The zero-order valence-electron chi connectivity index (χ0n) is 11.1. The summed E-state index contributed by atoms with van der Waals surface area (Å²) in [6.07, 6.45) is 4.12. The van der Waals surface area contributed by atoms with Crippen LogP contribution in [0.1, 0.15) is 12.0 Å². The molecule has 0 aromatic heterocycles. The van der Waals surface area contributed by atoms with Gasteiger partial charge in [0.05, 0.1) is 4.92 Å². The first-order valence-corrected chi connectivity index (χ1v) is 6.00. The minimum Gasteiger partial charge on any atom is -0.480 e. The molecule has 1 atom stereocenters. The number of nitro groups is 1. The molecule has 0 saturated carbocycles. The van der Waals surface area contributed by atoms with E-state index in [0.29, 0.717) is 5.56 Å². The number of benzene rings is 1. The van der Waals surface area contributed by atoms with Crippen LogP contribution in [-0.4, -0.2) is 27.9 Å². The van der Waals surface area contributed by atoms with Gasteiger partial charge in [0.1, 0.15) is 6.04 Å². The summed E-state index contributed by atoms with van der Waals surface area (Å²) < 4.78 is 0. The van der Waals surface area contributed by atoms with E-state index in [1.807, 2.05) is 0 Å². The fraction of sp³-hybridized carbons (Fsp3) is 0.143. The van der Waals surface area contributed by atoms with Crippen molar-refractivity contribution in [2.24, 2.45) is 0 Å². The molecule has 0 heterocycles. The summed E-state index contributed by atoms with van der Waals surface area (Å²) in [4.78, 5) is 32.4. The highest BCUT2D eigenvalue weighted by Gasteiger charge is 2.16. The number of nitro benzene ring substituents is 1. The second kappa shape index (κ2) is 7.59. The van der Waals surface area contributed by atoms with Gasteiger partial charge in [-0.15, -0.1) is 6.58 Å². The van der Waals surface area contributed by atoms with Crippen LogP contribution in [0.25, 0.3) is 6.08 Å². The van der Waals surface area contributed by atoms with Crippen molar-refractivity contribution >= 4 is 23.6 Å². The Bertz CT molecular complexity index is 578. The van der Waals surface area contributed by atoms with Crippen molar-refractivity contribution < 1.29 is 19.6 Å². The van der Waals surface area contributed by atoms with Crippen molar-refractivity contribution in [3.05, 3.63) is 58.7 Å². The van der Waals surface area contributed by atoms with Gasteiger partial charge in [0.15, 0.2) is 0 Å². The van der Waals surface area contributed by atoms with Crippen molar-refractivity contribution in [2.75, 3.05) is 0 Å². The molecule has 2 N–H and O–H groups in total. The van der Waals surface area contributed by atoms with Gasteiger partial charge in [0, 0.05) is 18.2 Å². The SMILES string of the molecule is C=CCC(NC(=O)/C=C/c1ccc([N+](=O)[O-])cc1)C(=O)O. The zero-order valence-corrected chi connectivity index (χ0v) is 11.1. The van der Waals surface area contributed by atoms with Gasteiger partial charge in [-0.3, -0.25) is 14.9 Å². The Labute approximate surface area is 120 Å². The van der Waals surface area contributed by atoms with Crippen molar-refractivity contribution in [1.82, 2.24) is 5.32 Å². The molecule has 1 aromatic carbocycles. The van der Waals surface area contributed by atoms with Crippen LogP contribution in [-0.2, 0) is 9.59 Å². The van der Waals surface area contributed by atoms with Crippen molar-refractivity contribution in [1.29, 1.82) is 0 Å². The number of non-ortho nitro benzene ring substituents is 1. The summed E-state index contributed by atoms with van der Waals surface area (Å²) in [5.74, 6) is -1.71. The van der Waals surface area contributed by atoms with Crippen LogP contribution < -0.4 is 5.32 Å². The van der Waals surface area contributed by atoms with E-state index in [1.165, 1.54) is 42.5 Å². The average molecular weight is 290 g/mol. The summed E-state index contributed by atoms with van der Waals surface area (Å²) in [6, 6.07) is 4.57. The number of carbonyl (C=O) groups excluding carboxylic acids is 1. The van der Waals surface area contributed by atoms with E-state index in [1.54, 1.807) is 0 Å². The van der Waals surface area contributed by atoms with E-state index in [4.69, 9.17) is 5.11 Å². The van der Waals surface area contributed by atoms with Gasteiger partial charge < -0.3 is 10.4 Å². The van der Waals surface area contributed by atoms with Gasteiger partial charge >= 0.3 is 5.97 Å². The summed E-state index contributed by atoms with van der Waals surface area (Å²) >= 11 is 0. The van der Waals surface area contributed by atoms with E-state index in [9.17, 15) is 19.7 Å². The van der Waals surface area contributed by atoms with Gasteiger partial charge in [-0.05, 0) is 30.2 Å². The number of carboxylic acid groups (broad SMARTS) is 1. The molecular formula is C14H14N2O5. The van der Waals surface area contributed by atoms with Crippen molar-refractivity contribution in [3.63, 3.8) is 0 Å². The summed E-state index contributed by atoms with van der Waals surface area (Å²) in [5.41, 5.74) is 0.542. The van der Waals surface area contributed by atoms with Crippen LogP contribution >= 0.6 is 0 Å². The number of carboxylic acids is 1. The third-order valence-corrected chi connectivity index (χ3v) is 2.55. The number of nitrogens with one attached hydrogen (secondary N) is 1. The first-order chi connectivity index (χ1) is 9.93. The summed E-state index contributed by atoms with van der Waals surface area (Å²) in [7, 11) is 0. The van der Waals surface area contributed by atoms with Crippen LogP contribution in [0.5, 0.6) is 0 Å². The number of nitrogens with zero attached hydrogens (tertiary/aromatic N) is 1. The monoisotopic (exact) mass is 290 g/mol. The minimum absolute atomic E-state index is 0.0477. The molecule has 0 aliphatic carbocycles. The van der Waals surface area contributed by atoms with E-state index < -0.39 is 22.8 Å². The first kappa shape index (κ1) is 16.1. The zero-order chi connectivity index (χ0) is 15.8. The molecule has 0 aliphatic heterocycles. The predicted octanol–water partition coefficient (Wildman–Crippen LogP) is 1.75. The Morgan fingerprint density at radius 2 is 2.00 bits per heavy atom. The molecule has 1 amide bonds. The Kier molecular flexibility index (Phi) is 5.81. The lowest BCUT2D eigenvalue weighted by atomic mass is 10.2. The second-order valence-electron chi connectivity index (χ2n) is 4.11. The molecule has 0 saturated heterocycles. The van der Waals surface area contributed by atoms with E-state index in [2.05, 4.69) is 11.9 Å². The van der Waals surface area contributed by atoms with Gasteiger partial charge in [0.25, 0.3) is 5.69 Å². The highest BCUT2D eigenvalue weighted by molar-refractivity contribution is 5.94. The molecule has 21 heavy (non-hydrogen) atoms. The van der Waals surface area contributed by atoms with Crippen LogP contribution in [0.4, 0.5) is 5.69 Å². The first-order valence-electron chi connectivity index (χ1n) is 6.00. The van der Waals surface area contributed by atoms with Gasteiger partial charge in [0.2, 0.25) is 5.91 Å². The van der Waals surface area contributed by atoms with Crippen molar-refractivity contribution in [3.8, 4) is 0 Å². The van der Waals surface area contributed by atoms with Gasteiger partial charge in [-0.1, -0.05) is 6.08 Å². The Balaban J connectivity index is 2.66. The van der Waals surface area contributed by atoms with E-state index in [-0.39, 0.29) is 12.1 Å². The molecule has 1 aromatic rings. The number of hydrogen-bond donors (Lipinski definition) is 2. The van der Waals surface area contributed by atoms with Crippen LogP contribution in [0.15, 0.2) is 43.0 Å². The third-order valence-electron chi connectivity index (χ3n) is 2.55. The molecule has 0 aliphatic rings. The molecule has 1 rings (SSSR count). The van der Waals surface area contributed by atoms with Crippen molar-refractivity contribution in [2.45, 2.75) is 12.5 Å². The summed E-state index contributed by atoms with van der Waals surface area (Å²) in [5, 5.41) is 21.7. The molecule has 0 bridgehead atoms. The van der Waals surface area contributed by atoms with Crippen LogP contribution in [0, 0.1) is 10.1 Å². The Morgan fingerprint density at radius 1 is 1.38 bits per heavy atom. The standard InChI is InChI=1S/C14H14N2O5/c1-2-3-12(14(18)19)15-13(17)9-6-10-4-7-11(8-5-10)16(20)21/h2,4-9,12H,1,3H2,(H,15,17)(H,18,19)/b9-6+. The summed E-state index contributed by atoms with van der Waals surface area (Å²) in [6.45, 7) is 3.42. The lowest BCUT2D eigenvalue weighted by Crippen LogP contribution is -2.39. The number of amides is 1.